The van der Waals surface area contributed by atoms with Gasteiger partial charge >= 0.3 is 0 Å². The summed E-state index contributed by atoms with van der Waals surface area (Å²) in [4.78, 5) is 0. The molecule has 1 fully saturated rings. The van der Waals surface area contributed by atoms with Crippen LogP contribution in [0.2, 0.25) is 0 Å². The molecular weight excluding hydrogens is 150 g/mol. The van der Waals surface area contributed by atoms with E-state index in [1.807, 2.05) is 6.42 Å². The van der Waals surface area contributed by atoms with Gasteiger partial charge in [-0.1, -0.05) is 6.58 Å². The minimum Gasteiger partial charge on any atom is -0.208 e. The van der Waals surface area contributed by atoms with Gasteiger partial charge in [0, 0.05) is 18.5 Å². The van der Waals surface area contributed by atoms with Gasteiger partial charge in [0.05, 0.1) is 0 Å². The normalized spacial score (nSPS) is 21.2. The lowest BCUT2D eigenvalue weighted by Crippen LogP contribution is -2.25. The van der Waals surface area contributed by atoms with Crippen LogP contribution in [0, 0.1) is 6.42 Å². The van der Waals surface area contributed by atoms with Crippen molar-refractivity contribution in [1.82, 2.24) is 4.31 Å². The van der Waals surface area contributed by atoms with Gasteiger partial charge in [-0.2, -0.15) is 4.31 Å². The number of nitrogens with zero attached hydrogens (tertiary/aromatic N) is 1. The second-order valence-corrected chi connectivity index (χ2v) is 4.03. The molecule has 10 heavy (non-hydrogen) atoms. The van der Waals surface area contributed by atoms with Crippen LogP contribution < -0.4 is 0 Å². The summed E-state index contributed by atoms with van der Waals surface area (Å²) in [7, 11) is -3.13. The Bertz CT molecular complexity index is 214. The van der Waals surface area contributed by atoms with Crippen LogP contribution in [0.5, 0.6) is 0 Å². The molecule has 1 radical (unpaired) electrons. The van der Waals surface area contributed by atoms with Gasteiger partial charge in [-0.15, -0.1) is 0 Å². The highest BCUT2D eigenvalue weighted by atomic mass is 32.2. The Morgan fingerprint density at radius 2 is 2.30 bits per heavy atom. The van der Waals surface area contributed by atoms with E-state index in [0.29, 0.717) is 13.1 Å². The zero-order chi connectivity index (χ0) is 7.61. The van der Waals surface area contributed by atoms with E-state index in [2.05, 4.69) is 6.58 Å². The summed E-state index contributed by atoms with van der Waals surface area (Å²) in [5.74, 6) is 0. The van der Waals surface area contributed by atoms with Crippen molar-refractivity contribution < 1.29 is 8.42 Å². The van der Waals surface area contributed by atoms with Crippen molar-refractivity contribution in [1.29, 1.82) is 0 Å². The smallest absolute Gasteiger partial charge is 0.208 e. The van der Waals surface area contributed by atoms with Gasteiger partial charge in [0.25, 0.3) is 0 Å². The highest BCUT2D eigenvalue weighted by Crippen LogP contribution is 2.11. The average Bonchev–Trinajstić information content (AvgIpc) is 2.38. The first-order valence-corrected chi connectivity index (χ1v) is 4.61. The maximum atomic E-state index is 11.0. The minimum atomic E-state index is -3.13. The lowest BCUT2D eigenvalue weighted by Gasteiger charge is -2.10. The SMILES string of the molecule is C=CS(=O)(=O)N1C[CH]CC1. The Morgan fingerprint density at radius 1 is 1.60 bits per heavy atom. The summed E-state index contributed by atoms with van der Waals surface area (Å²) in [5.41, 5.74) is 0. The first-order valence-electron chi connectivity index (χ1n) is 3.11. The number of rotatable bonds is 2. The van der Waals surface area contributed by atoms with E-state index in [-0.39, 0.29) is 0 Å². The molecule has 3 nitrogen and oxygen atoms in total. The van der Waals surface area contributed by atoms with E-state index >= 15 is 0 Å². The molecule has 0 unspecified atom stereocenters. The predicted octanol–water partition coefficient (Wildman–Crippen LogP) is 0.370. The van der Waals surface area contributed by atoms with E-state index in [4.69, 9.17) is 0 Å². The van der Waals surface area contributed by atoms with Gasteiger partial charge in [-0.3, -0.25) is 0 Å². The summed E-state index contributed by atoms with van der Waals surface area (Å²) in [6, 6.07) is 0. The Morgan fingerprint density at radius 3 is 2.70 bits per heavy atom. The van der Waals surface area contributed by atoms with Gasteiger partial charge < -0.3 is 0 Å². The highest BCUT2D eigenvalue weighted by molar-refractivity contribution is 7.92. The molecule has 0 aromatic heterocycles. The van der Waals surface area contributed by atoms with Crippen molar-refractivity contribution in [3.63, 3.8) is 0 Å². The lowest BCUT2D eigenvalue weighted by atomic mass is 10.4. The molecule has 57 valence electrons. The fraction of sp³-hybridized carbons (Fsp3) is 0.500. The topological polar surface area (TPSA) is 37.4 Å². The molecule has 1 heterocycles. The zero-order valence-electron chi connectivity index (χ0n) is 5.66. The lowest BCUT2D eigenvalue weighted by molar-refractivity contribution is 0.490. The van der Waals surface area contributed by atoms with Crippen LogP contribution in [-0.4, -0.2) is 25.8 Å². The summed E-state index contributed by atoms with van der Waals surface area (Å²) >= 11 is 0. The molecule has 0 atom stereocenters. The van der Waals surface area contributed by atoms with Gasteiger partial charge in [0.1, 0.15) is 0 Å². The van der Waals surface area contributed by atoms with Crippen molar-refractivity contribution in [2.75, 3.05) is 13.1 Å². The first-order chi connectivity index (χ1) is 4.67. The van der Waals surface area contributed by atoms with Crippen LogP contribution in [-0.2, 0) is 10.0 Å². The zero-order valence-corrected chi connectivity index (χ0v) is 6.47. The molecule has 0 N–H and O–H groups in total. The van der Waals surface area contributed by atoms with E-state index in [1.54, 1.807) is 0 Å². The molecule has 0 aromatic rings. The Balaban J connectivity index is 2.72. The van der Waals surface area contributed by atoms with Crippen molar-refractivity contribution in [2.24, 2.45) is 0 Å². The second kappa shape index (κ2) is 2.72. The van der Waals surface area contributed by atoms with Crippen LogP contribution in [0.25, 0.3) is 0 Å². The summed E-state index contributed by atoms with van der Waals surface area (Å²) in [5, 5.41) is 0.992. The Kier molecular flexibility index (Phi) is 2.11. The number of sulfonamides is 1. The predicted molar refractivity (Wildman–Crippen MR) is 39.6 cm³/mol. The third-order valence-corrected chi connectivity index (χ3v) is 2.96. The number of hydrogen-bond donors (Lipinski definition) is 0. The maximum Gasteiger partial charge on any atom is 0.235 e. The van der Waals surface area contributed by atoms with Crippen molar-refractivity contribution in [3.8, 4) is 0 Å². The molecule has 4 heteroatoms. The van der Waals surface area contributed by atoms with E-state index in [1.165, 1.54) is 4.31 Å². The van der Waals surface area contributed by atoms with Gasteiger partial charge in [-0.25, -0.2) is 8.42 Å². The molecule has 0 saturated carbocycles. The fourth-order valence-electron chi connectivity index (χ4n) is 0.898. The molecule has 0 bridgehead atoms. The van der Waals surface area contributed by atoms with Crippen LogP contribution in [0.4, 0.5) is 0 Å². The Labute approximate surface area is 61.4 Å². The van der Waals surface area contributed by atoms with Gasteiger partial charge in [0.2, 0.25) is 10.0 Å². The monoisotopic (exact) mass is 160 g/mol. The van der Waals surface area contributed by atoms with Gasteiger partial charge in [0.15, 0.2) is 0 Å². The summed E-state index contributed by atoms with van der Waals surface area (Å²) in [6.45, 7) is 4.38. The quantitative estimate of drug-likeness (QED) is 0.585. The van der Waals surface area contributed by atoms with E-state index in [0.717, 1.165) is 11.8 Å². The maximum absolute atomic E-state index is 11.0. The minimum absolute atomic E-state index is 0.536. The molecule has 0 spiro atoms. The average molecular weight is 160 g/mol. The standard InChI is InChI=1S/C6H10NO2S/c1-2-10(8,9)7-5-3-4-6-7/h2-3H,1,4-6H2. The first kappa shape index (κ1) is 7.75. The molecule has 1 saturated heterocycles. The highest BCUT2D eigenvalue weighted by Gasteiger charge is 2.21. The van der Waals surface area contributed by atoms with Crippen LogP contribution in [0.1, 0.15) is 6.42 Å². The number of hydrogen-bond acceptors (Lipinski definition) is 2. The third kappa shape index (κ3) is 1.38. The second-order valence-electron chi connectivity index (χ2n) is 2.15. The Hall–Kier alpha value is -0.350. The van der Waals surface area contributed by atoms with E-state index < -0.39 is 10.0 Å². The van der Waals surface area contributed by atoms with Crippen molar-refractivity contribution in [2.45, 2.75) is 6.42 Å². The molecule has 1 aliphatic rings. The third-order valence-electron chi connectivity index (χ3n) is 1.49. The van der Waals surface area contributed by atoms with Crippen molar-refractivity contribution in [3.05, 3.63) is 18.4 Å². The van der Waals surface area contributed by atoms with Crippen molar-refractivity contribution >= 4 is 10.0 Å². The largest absolute Gasteiger partial charge is 0.235 e. The van der Waals surface area contributed by atoms with Crippen LogP contribution >= 0.6 is 0 Å². The molecule has 0 aromatic carbocycles. The molecule has 0 amide bonds. The molecule has 1 rings (SSSR count). The van der Waals surface area contributed by atoms with E-state index in [9.17, 15) is 8.42 Å². The summed E-state index contributed by atoms with van der Waals surface area (Å²) in [6.07, 6.45) is 2.80. The summed E-state index contributed by atoms with van der Waals surface area (Å²) < 4.78 is 23.4. The molecule has 1 aliphatic heterocycles. The fourth-order valence-corrected chi connectivity index (χ4v) is 1.78. The van der Waals surface area contributed by atoms with Crippen LogP contribution in [0.3, 0.4) is 0 Å². The molecule has 0 aliphatic carbocycles. The van der Waals surface area contributed by atoms with Crippen LogP contribution in [0.15, 0.2) is 12.0 Å². The molecular formula is C6H10NO2S. The van der Waals surface area contributed by atoms with Gasteiger partial charge in [-0.05, 0) is 12.8 Å².